The van der Waals surface area contributed by atoms with Gasteiger partial charge in [0.2, 0.25) is 0 Å². The van der Waals surface area contributed by atoms with Crippen LogP contribution in [0.25, 0.3) is 0 Å². The smallest absolute Gasteiger partial charge is 0 e. The van der Waals surface area contributed by atoms with Gasteiger partial charge in [-0.2, -0.15) is 0 Å². The van der Waals surface area contributed by atoms with Gasteiger partial charge in [-0.1, -0.05) is 23.3 Å². The molecule has 0 radical (unpaired) electrons. The van der Waals surface area contributed by atoms with Gasteiger partial charge in [0.1, 0.15) is 0 Å². The van der Waals surface area contributed by atoms with E-state index >= 15 is 0 Å². The molecule has 0 aromatic rings. The van der Waals surface area contributed by atoms with Crippen LogP contribution in [0, 0.1) is 0 Å². The molecule has 1 heteroatoms. The van der Waals surface area contributed by atoms with E-state index in [1.54, 1.807) is 0 Å². The average molecular weight is 201 g/mol. The van der Waals surface area contributed by atoms with E-state index < -0.39 is 0 Å². The fraction of sp³-hybridized carbons (Fsp3) is 0.500. The Morgan fingerprint density at radius 3 is 1.67 bits per heavy atom. The molecule has 0 heterocycles. The minimum absolute atomic E-state index is 0. The van der Waals surface area contributed by atoms with Crippen molar-refractivity contribution in [3.63, 3.8) is 0 Å². The van der Waals surface area contributed by atoms with Gasteiger partial charge in [-0.25, -0.2) is 0 Å². The summed E-state index contributed by atoms with van der Waals surface area (Å²) in [5.74, 6) is 0. The summed E-state index contributed by atoms with van der Waals surface area (Å²) in [6.07, 6.45) is 4.18. The van der Waals surface area contributed by atoms with Gasteiger partial charge in [0.05, 0.1) is 0 Å². The van der Waals surface area contributed by atoms with Crippen LogP contribution in [-0.4, -0.2) is 0 Å². The first-order chi connectivity index (χ1) is 3.68. The van der Waals surface area contributed by atoms with Gasteiger partial charge in [0, 0.05) is 26.2 Å². The fourth-order valence-electron chi connectivity index (χ4n) is 0.417. The maximum atomic E-state index is 2.12. The molecule has 0 aromatic heterocycles. The molecule has 0 aliphatic carbocycles. The first-order valence-electron chi connectivity index (χ1n) is 2.95. The van der Waals surface area contributed by atoms with Crippen LogP contribution in [0.1, 0.15) is 27.7 Å². The summed E-state index contributed by atoms with van der Waals surface area (Å²) in [6.45, 7) is 8.40. The maximum absolute atomic E-state index is 2.12. The van der Waals surface area contributed by atoms with Crippen molar-refractivity contribution in [3.05, 3.63) is 23.3 Å². The normalized spacial score (nSPS) is 8.89. The van der Waals surface area contributed by atoms with E-state index in [0.717, 1.165) is 0 Å². The molecule has 0 amide bonds. The monoisotopic (exact) mass is 200 g/mol. The van der Waals surface area contributed by atoms with Crippen molar-refractivity contribution in [1.29, 1.82) is 0 Å². The quantitative estimate of drug-likeness (QED) is 0.572. The average Bonchev–Trinajstić information content (AvgIpc) is 1.67. The van der Waals surface area contributed by atoms with Crippen molar-refractivity contribution in [3.8, 4) is 0 Å². The summed E-state index contributed by atoms with van der Waals surface area (Å²) >= 11 is 0. The third-order valence-electron chi connectivity index (χ3n) is 1.21. The molecule has 9 heavy (non-hydrogen) atoms. The predicted octanol–water partition coefficient (Wildman–Crippen LogP) is 2.92. The van der Waals surface area contributed by atoms with E-state index in [0.29, 0.717) is 0 Å². The Kier molecular flexibility index (Phi) is 8.70. The van der Waals surface area contributed by atoms with Gasteiger partial charge in [-0.05, 0) is 27.7 Å². The molecule has 0 saturated carbocycles. The molecule has 0 nitrogen and oxygen atoms in total. The van der Waals surface area contributed by atoms with Crippen molar-refractivity contribution in [2.75, 3.05) is 0 Å². The second-order valence-electron chi connectivity index (χ2n) is 2.18. The molecule has 0 saturated heterocycles. The molecule has 50 valence electrons. The van der Waals surface area contributed by atoms with Crippen molar-refractivity contribution < 1.29 is 26.2 Å². The van der Waals surface area contributed by atoms with Crippen LogP contribution in [0.4, 0.5) is 0 Å². The largest absolute Gasteiger partial charge is 0.0874 e. The Bertz CT molecular complexity index is 117. The van der Waals surface area contributed by atoms with Crippen LogP contribution in [0.5, 0.6) is 0 Å². The van der Waals surface area contributed by atoms with Gasteiger partial charge in [0.15, 0.2) is 0 Å². The van der Waals surface area contributed by atoms with Crippen LogP contribution in [-0.2, 0) is 26.2 Å². The first kappa shape index (κ1) is 12.1. The van der Waals surface area contributed by atoms with Gasteiger partial charge < -0.3 is 0 Å². The third kappa shape index (κ3) is 6.25. The SMILES string of the molecule is C/C=C/C(C)=C(C)C.[Zr]. The summed E-state index contributed by atoms with van der Waals surface area (Å²) in [5.41, 5.74) is 2.76. The number of hydrogen-bond acceptors (Lipinski definition) is 0. The first-order valence-corrected chi connectivity index (χ1v) is 2.95. The van der Waals surface area contributed by atoms with Crippen molar-refractivity contribution in [2.45, 2.75) is 27.7 Å². The summed E-state index contributed by atoms with van der Waals surface area (Å²) in [5, 5.41) is 0. The Labute approximate surface area is 77.2 Å². The van der Waals surface area contributed by atoms with Gasteiger partial charge in [-0.15, -0.1) is 0 Å². The summed E-state index contributed by atoms with van der Waals surface area (Å²) in [6, 6.07) is 0. The fourth-order valence-corrected chi connectivity index (χ4v) is 0.417. The predicted molar refractivity (Wildman–Crippen MR) is 38.9 cm³/mol. The van der Waals surface area contributed by atoms with E-state index in [1.807, 2.05) is 6.92 Å². The summed E-state index contributed by atoms with van der Waals surface area (Å²) in [4.78, 5) is 0. The molecule has 0 unspecified atom stereocenters. The van der Waals surface area contributed by atoms with Crippen LogP contribution in [0.15, 0.2) is 23.3 Å². The molecule has 0 spiro atoms. The number of allylic oxidation sites excluding steroid dienone is 4. The summed E-state index contributed by atoms with van der Waals surface area (Å²) in [7, 11) is 0. The second-order valence-corrected chi connectivity index (χ2v) is 2.18. The minimum atomic E-state index is 0. The van der Waals surface area contributed by atoms with E-state index in [2.05, 4.69) is 32.9 Å². The van der Waals surface area contributed by atoms with Gasteiger partial charge in [-0.3, -0.25) is 0 Å². The van der Waals surface area contributed by atoms with E-state index in [9.17, 15) is 0 Å². The van der Waals surface area contributed by atoms with Crippen LogP contribution in [0.3, 0.4) is 0 Å². The Hall–Kier alpha value is 0.363. The molecule has 0 aromatic carbocycles. The van der Waals surface area contributed by atoms with Crippen molar-refractivity contribution in [1.82, 2.24) is 0 Å². The second kappa shape index (κ2) is 6.48. The van der Waals surface area contributed by atoms with E-state index in [1.165, 1.54) is 11.1 Å². The summed E-state index contributed by atoms with van der Waals surface area (Å²) < 4.78 is 0. The van der Waals surface area contributed by atoms with Crippen molar-refractivity contribution >= 4 is 0 Å². The molecule has 0 fully saturated rings. The van der Waals surface area contributed by atoms with Crippen LogP contribution >= 0.6 is 0 Å². The molecule has 0 aliphatic rings. The number of hydrogen-bond donors (Lipinski definition) is 0. The molecular weight excluding hydrogens is 187 g/mol. The van der Waals surface area contributed by atoms with Crippen LogP contribution in [0.2, 0.25) is 0 Å². The minimum Gasteiger partial charge on any atom is -0.0874 e. The Balaban J connectivity index is 0. The molecule has 0 rings (SSSR count). The van der Waals surface area contributed by atoms with Crippen LogP contribution < -0.4 is 0 Å². The molecule has 0 atom stereocenters. The zero-order valence-electron chi connectivity index (χ0n) is 6.65. The van der Waals surface area contributed by atoms with E-state index in [-0.39, 0.29) is 26.2 Å². The standard InChI is InChI=1S/C8H14.Zr/c1-5-6-8(4)7(2)3;/h5-6H,1-4H3;/b6-5+;. The molecular formula is C8H14Zr. The molecule has 0 bridgehead atoms. The maximum Gasteiger partial charge on any atom is 0 e. The molecule has 0 aliphatic heterocycles. The Morgan fingerprint density at radius 1 is 1.11 bits per heavy atom. The van der Waals surface area contributed by atoms with E-state index in [4.69, 9.17) is 0 Å². The number of rotatable bonds is 1. The zero-order chi connectivity index (χ0) is 6.57. The van der Waals surface area contributed by atoms with Gasteiger partial charge >= 0.3 is 0 Å². The van der Waals surface area contributed by atoms with Crippen molar-refractivity contribution in [2.24, 2.45) is 0 Å². The topological polar surface area (TPSA) is 0 Å². The zero-order valence-corrected chi connectivity index (χ0v) is 9.11. The van der Waals surface area contributed by atoms with Gasteiger partial charge in [0.25, 0.3) is 0 Å². The third-order valence-corrected chi connectivity index (χ3v) is 1.21. The Morgan fingerprint density at radius 2 is 1.56 bits per heavy atom. The molecule has 0 N–H and O–H groups in total.